The maximum atomic E-state index is 13.6. The van der Waals surface area contributed by atoms with Gasteiger partial charge in [-0.1, -0.05) is 11.6 Å². The molecule has 0 bridgehead atoms. The molecule has 5 nitrogen and oxygen atoms in total. The second-order valence-electron chi connectivity index (χ2n) is 7.14. The Kier molecular flexibility index (Phi) is 4.24. The zero-order valence-electron chi connectivity index (χ0n) is 17.9. The van der Waals surface area contributed by atoms with Crippen molar-refractivity contribution in [3.63, 3.8) is 0 Å². The molecule has 0 atom stereocenters. The molecule has 0 unspecified atom stereocenters. The maximum absolute atomic E-state index is 13.6. The van der Waals surface area contributed by atoms with E-state index in [1.165, 1.54) is 18.2 Å². The third kappa shape index (κ3) is 3.60. The summed E-state index contributed by atoms with van der Waals surface area (Å²) in [5, 5.41) is 1.02. The van der Waals surface area contributed by atoms with Crippen molar-refractivity contribution in [2.75, 3.05) is 13.2 Å². The molecule has 7 heteroatoms. The van der Waals surface area contributed by atoms with Crippen molar-refractivity contribution in [2.45, 2.75) is 13.0 Å². The van der Waals surface area contributed by atoms with Crippen LogP contribution in [-0.2, 0) is 13.0 Å². The van der Waals surface area contributed by atoms with Crippen LogP contribution < -0.4 is 10.3 Å². The van der Waals surface area contributed by atoms with E-state index in [1.807, 2.05) is 4.57 Å². The summed E-state index contributed by atoms with van der Waals surface area (Å²) >= 11 is 6.54. The number of benzene rings is 2. The van der Waals surface area contributed by atoms with E-state index in [2.05, 4.69) is 4.98 Å². The lowest BCUT2D eigenvalue weighted by atomic mass is 10.1. The van der Waals surface area contributed by atoms with Gasteiger partial charge in [0.2, 0.25) is 5.56 Å². The van der Waals surface area contributed by atoms with Gasteiger partial charge in [-0.2, -0.15) is 0 Å². The highest BCUT2D eigenvalue weighted by atomic mass is 35.5. The van der Waals surface area contributed by atoms with Crippen molar-refractivity contribution < 1.29 is 11.9 Å². The summed E-state index contributed by atoms with van der Waals surface area (Å²) in [4.78, 5) is 15.9. The van der Waals surface area contributed by atoms with E-state index in [0.29, 0.717) is 34.1 Å². The molecule has 0 spiro atoms. The number of pyridine rings is 1. The molecule has 1 aliphatic heterocycles. The second-order valence-corrected chi connectivity index (χ2v) is 7.54. The van der Waals surface area contributed by atoms with E-state index in [-0.39, 0.29) is 24.5 Å². The molecule has 0 amide bonds. The Morgan fingerprint density at radius 2 is 2.10 bits per heavy atom. The van der Waals surface area contributed by atoms with Crippen LogP contribution >= 0.6 is 11.6 Å². The molecule has 5 rings (SSSR count). The van der Waals surface area contributed by atoms with Crippen LogP contribution in [0, 0.1) is 5.82 Å². The SMILES string of the molecule is [2H]C1([2H])c2cc(-n3ccc4cc(F)ccc43)cc(Cl)c2OCCN1Cc1cc[nH]c(=O)c1. The Morgan fingerprint density at radius 1 is 1.20 bits per heavy atom. The number of aromatic amines is 1. The number of hydrogen-bond acceptors (Lipinski definition) is 3. The smallest absolute Gasteiger partial charge is 0.248 e. The molecule has 4 aromatic rings. The van der Waals surface area contributed by atoms with Crippen LogP contribution in [0.25, 0.3) is 16.6 Å². The first-order valence-corrected chi connectivity index (χ1v) is 9.87. The van der Waals surface area contributed by atoms with E-state index in [9.17, 15) is 9.18 Å². The minimum atomic E-state index is -1.91. The van der Waals surface area contributed by atoms with Crippen molar-refractivity contribution in [2.24, 2.45) is 0 Å². The van der Waals surface area contributed by atoms with Crippen molar-refractivity contribution in [1.29, 1.82) is 0 Å². The van der Waals surface area contributed by atoms with Gasteiger partial charge in [0, 0.05) is 57.4 Å². The fraction of sp³-hybridized carbons (Fsp3) is 0.174. The highest BCUT2D eigenvalue weighted by molar-refractivity contribution is 6.32. The van der Waals surface area contributed by atoms with Crippen molar-refractivity contribution >= 4 is 22.5 Å². The largest absolute Gasteiger partial charge is 0.490 e. The zero-order chi connectivity index (χ0) is 22.5. The molecule has 0 fully saturated rings. The van der Waals surface area contributed by atoms with Crippen LogP contribution in [0.3, 0.4) is 0 Å². The van der Waals surface area contributed by atoms with E-state index in [0.717, 1.165) is 10.9 Å². The lowest BCUT2D eigenvalue weighted by Gasteiger charge is -2.19. The number of nitrogens with one attached hydrogen (secondary N) is 1. The average Bonchev–Trinajstić information content (AvgIpc) is 3.11. The highest BCUT2D eigenvalue weighted by Gasteiger charge is 2.20. The van der Waals surface area contributed by atoms with E-state index in [4.69, 9.17) is 19.1 Å². The quantitative estimate of drug-likeness (QED) is 0.525. The Bertz CT molecular complexity index is 1390. The topological polar surface area (TPSA) is 50.3 Å². The van der Waals surface area contributed by atoms with Gasteiger partial charge in [-0.3, -0.25) is 9.69 Å². The van der Waals surface area contributed by atoms with Gasteiger partial charge in [0.05, 0.1) is 10.5 Å². The molecule has 0 saturated heterocycles. The van der Waals surface area contributed by atoms with Crippen LogP contribution in [0.4, 0.5) is 4.39 Å². The van der Waals surface area contributed by atoms with Gasteiger partial charge in [0.1, 0.15) is 18.2 Å². The highest BCUT2D eigenvalue weighted by Crippen LogP contribution is 2.35. The molecule has 0 radical (unpaired) electrons. The van der Waals surface area contributed by atoms with Crippen LogP contribution in [-0.4, -0.2) is 27.6 Å². The van der Waals surface area contributed by atoms with Gasteiger partial charge in [-0.15, -0.1) is 0 Å². The number of ether oxygens (including phenoxy) is 1. The van der Waals surface area contributed by atoms with Gasteiger partial charge >= 0.3 is 0 Å². The first kappa shape index (κ1) is 16.7. The zero-order valence-corrected chi connectivity index (χ0v) is 16.6. The molecule has 3 heterocycles. The Labute approximate surface area is 180 Å². The first-order chi connectivity index (χ1) is 15.3. The average molecular weight is 426 g/mol. The monoisotopic (exact) mass is 425 g/mol. The number of hydrogen-bond donors (Lipinski definition) is 1. The summed E-state index contributed by atoms with van der Waals surface area (Å²) in [6, 6.07) is 12.9. The fourth-order valence-electron chi connectivity index (χ4n) is 3.70. The number of H-pyrrole nitrogens is 1. The van der Waals surface area contributed by atoms with Crippen molar-refractivity contribution in [3.05, 3.63) is 93.2 Å². The molecule has 30 heavy (non-hydrogen) atoms. The van der Waals surface area contributed by atoms with Gasteiger partial charge in [-0.05, 0) is 48.0 Å². The van der Waals surface area contributed by atoms with E-state index < -0.39 is 6.50 Å². The maximum Gasteiger partial charge on any atom is 0.248 e. The van der Waals surface area contributed by atoms with E-state index >= 15 is 0 Å². The predicted octanol–water partition coefficient (Wildman–Crippen LogP) is 4.51. The van der Waals surface area contributed by atoms with Crippen molar-refractivity contribution in [3.8, 4) is 11.4 Å². The molecule has 0 aliphatic carbocycles. The summed E-state index contributed by atoms with van der Waals surface area (Å²) in [5.41, 5.74) is 2.17. The number of nitrogens with zero attached hydrogens (tertiary/aromatic N) is 2. The third-order valence-electron chi connectivity index (χ3n) is 5.06. The summed E-state index contributed by atoms with van der Waals surface area (Å²) in [5.74, 6) is -0.0216. The van der Waals surface area contributed by atoms with E-state index in [1.54, 1.807) is 47.6 Å². The lowest BCUT2D eigenvalue weighted by molar-refractivity contribution is 0.219. The fourth-order valence-corrected chi connectivity index (χ4v) is 3.97. The molecular formula is C23H19ClFN3O2. The van der Waals surface area contributed by atoms with Crippen LogP contribution in [0.1, 0.15) is 13.9 Å². The number of fused-ring (bicyclic) bond motifs is 2. The molecule has 2 aromatic heterocycles. The van der Waals surface area contributed by atoms with Crippen LogP contribution in [0.2, 0.25) is 5.02 Å². The molecule has 152 valence electrons. The lowest BCUT2D eigenvalue weighted by Crippen LogP contribution is -2.25. The number of aromatic nitrogens is 2. The minimum Gasteiger partial charge on any atom is -0.490 e. The molecule has 0 saturated carbocycles. The summed E-state index contributed by atoms with van der Waals surface area (Å²) < 4.78 is 39.1. The molecule has 2 aromatic carbocycles. The third-order valence-corrected chi connectivity index (χ3v) is 5.34. The van der Waals surface area contributed by atoms with Gasteiger partial charge in [0.25, 0.3) is 0 Å². The molecule has 1 N–H and O–H groups in total. The van der Waals surface area contributed by atoms with Gasteiger partial charge in [-0.25, -0.2) is 4.39 Å². The Balaban J connectivity index is 1.60. The van der Waals surface area contributed by atoms with Gasteiger partial charge < -0.3 is 14.3 Å². The number of rotatable bonds is 3. The minimum absolute atomic E-state index is 0.229. The summed E-state index contributed by atoms with van der Waals surface area (Å²) in [6.07, 6.45) is 3.34. The Hall–Kier alpha value is -3.09. The normalized spacial score (nSPS) is 17.0. The predicted molar refractivity (Wildman–Crippen MR) is 115 cm³/mol. The first-order valence-electron chi connectivity index (χ1n) is 10.5. The number of halogens is 2. The van der Waals surface area contributed by atoms with Crippen LogP contribution in [0.5, 0.6) is 5.75 Å². The summed E-state index contributed by atoms with van der Waals surface area (Å²) in [7, 11) is 0. The Morgan fingerprint density at radius 3 is 2.97 bits per heavy atom. The molecular weight excluding hydrogens is 405 g/mol. The van der Waals surface area contributed by atoms with Crippen LogP contribution in [0.15, 0.2) is 65.7 Å². The molecule has 1 aliphatic rings. The van der Waals surface area contributed by atoms with Crippen molar-refractivity contribution in [1.82, 2.24) is 14.5 Å². The van der Waals surface area contributed by atoms with Gasteiger partial charge in [0.15, 0.2) is 0 Å². The second kappa shape index (κ2) is 7.63. The summed E-state index contributed by atoms with van der Waals surface area (Å²) in [6.45, 7) is -1.12. The standard InChI is InChI=1S/C23H19ClFN3O2/c24-20-12-19(28-6-4-16-10-18(25)1-2-21(16)28)11-17-14-27(7-8-30-23(17)20)13-15-3-5-26-22(29)9-15/h1-6,9-12H,7-8,13-14H2,(H,26,29)/i14D2.